The van der Waals surface area contributed by atoms with E-state index in [-0.39, 0.29) is 23.2 Å². The summed E-state index contributed by atoms with van der Waals surface area (Å²) in [5.74, 6) is 0.416. The molecule has 1 saturated heterocycles. The Morgan fingerprint density at radius 3 is 2.87 bits per heavy atom. The molecule has 1 fully saturated rings. The van der Waals surface area contributed by atoms with Gasteiger partial charge in [-0.3, -0.25) is 9.30 Å². The van der Waals surface area contributed by atoms with Crippen molar-refractivity contribution in [1.29, 1.82) is 0 Å². The summed E-state index contributed by atoms with van der Waals surface area (Å²) >= 11 is 0. The Bertz CT molecular complexity index is 840. The minimum absolute atomic E-state index is 0.0248. The van der Waals surface area contributed by atoms with Crippen molar-refractivity contribution < 1.29 is 8.42 Å². The van der Waals surface area contributed by atoms with Crippen LogP contribution in [-0.4, -0.2) is 51.6 Å². The molecule has 2 aromatic heterocycles. The maximum absolute atomic E-state index is 12.4. The lowest BCUT2D eigenvalue weighted by molar-refractivity contribution is 0.151. The van der Waals surface area contributed by atoms with E-state index >= 15 is 0 Å². The van der Waals surface area contributed by atoms with Crippen molar-refractivity contribution in [1.82, 2.24) is 19.1 Å². The van der Waals surface area contributed by atoms with Crippen LogP contribution in [0.25, 0.3) is 5.65 Å². The van der Waals surface area contributed by atoms with E-state index in [0.717, 1.165) is 19.4 Å². The predicted octanol–water partition coefficient (Wildman–Crippen LogP) is 0.743. The molecule has 1 aliphatic rings. The molecule has 0 aliphatic carbocycles. The van der Waals surface area contributed by atoms with E-state index in [0.29, 0.717) is 18.7 Å². The zero-order valence-corrected chi connectivity index (χ0v) is 14.1. The van der Waals surface area contributed by atoms with Crippen LogP contribution in [0.1, 0.15) is 26.2 Å². The highest BCUT2D eigenvalue weighted by atomic mass is 32.2. The van der Waals surface area contributed by atoms with Crippen LogP contribution in [0.4, 0.5) is 0 Å². The first kappa shape index (κ1) is 16.2. The molecule has 0 saturated carbocycles. The van der Waals surface area contributed by atoms with Gasteiger partial charge in [0.15, 0.2) is 15.5 Å². The highest BCUT2D eigenvalue weighted by Crippen LogP contribution is 2.18. The number of hydrogen-bond donors (Lipinski definition) is 0. The highest BCUT2D eigenvalue weighted by Gasteiger charge is 2.32. The summed E-state index contributed by atoms with van der Waals surface area (Å²) in [6.45, 7) is 3.21. The van der Waals surface area contributed by atoms with Crippen LogP contribution in [0.5, 0.6) is 0 Å². The van der Waals surface area contributed by atoms with E-state index in [9.17, 15) is 13.2 Å². The van der Waals surface area contributed by atoms with Gasteiger partial charge in [-0.15, -0.1) is 5.10 Å². The van der Waals surface area contributed by atoms with E-state index in [1.807, 2.05) is 6.07 Å². The van der Waals surface area contributed by atoms with Crippen molar-refractivity contribution in [2.45, 2.75) is 38.9 Å². The molecule has 3 heterocycles. The van der Waals surface area contributed by atoms with Crippen LogP contribution < -0.4 is 5.69 Å². The van der Waals surface area contributed by atoms with Gasteiger partial charge >= 0.3 is 5.69 Å². The first-order chi connectivity index (χ1) is 11.0. The predicted molar refractivity (Wildman–Crippen MR) is 88.1 cm³/mol. The molecule has 1 atom stereocenters. The van der Waals surface area contributed by atoms with Crippen LogP contribution in [0.15, 0.2) is 29.2 Å². The van der Waals surface area contributed by atoms with E-state index in [1.165, 1.54) is 9.08 Å². The van der Waals surface area contributed by atoms with Gasteiger partial charge in [0.1, 0.15) is 0 Å². The van der Waals surface area contributed by atoms with E-state index < -0.39 is 9.84 Å². The summed E-state index contributed by atoms with van der Waals surface area (Å²) in [5.41, 5.74) is 0.412. The molecule has 126 valence electrons. The van der Waals surface area contributed by atoms with Gasteiger partial charge in [-0.05, 0) is 25.0 Å². The van der Waals surface area contributed by atoms with Crippen LogP contribution in [0.3, 0.4) is 0 Å². The summed E-state index contributed by atoms with van der Waals surface area (Å²) in [6.07, 6.45) is 4.32. The van der Waals surface area contributed by atoms with Gasteiger partial charge in [0.05, 0.1) is 18.2 Å². The normalized spacial score (nSPS) is 20.5. The first-order valence-electron chi connectivity index (χ1n) is 7.99. The van der Waals surface area contributed by atoms with Crippen molar-refractivity contribution >= 4 is 15.5 Å². The number of pyridine rings is 1. The number of unbranched alkanes of at least 4 members (excludes halogenated alkanes) is 1. The lowest BCUT2D eigenvalue weighted by Crippen LogP contribution is -2.41. The van der Waals surface area contributed by atoms with E-state index in [2.05, 4.69) is 16.9 Å². The lowest BCUT2D eigenvalue weighted by atomic mass is 10.2. The van der Waals surface area contributed by atoms with E-state index in [1.54, 1.807) is 18.3 Å². The van der Waals surface area contributed by atoms with Gasteiger partial charge in [-0.2, -0.15) is 4.68 Å². The Balaban J connectivity index is 1.85. The van der Waals surface area contributed by atoms with Crippen LogP contribution >= 0.6 is 0 Å². The van der Waals surface area contributed by atoms with Crippen molar-refractivity contribution in [3.8, 4) is 0 Å². The van der Waals surface area contributed by atoms with Gasteiger partial charge in [-0.1, -0.05) is 19.4 Å². The number of aromatic nitrogens is 3. The highest BCUT2D eigenvalue weighted by molar-refractivity contribution is 7.91. The fraction of sp³-hybridized carbons (Fsp3) is 0.600. The third kappa shape index (κ3) is 3.48. The van der Waals surface area contributed by atoms with Crippen LogP contribution in [0, 0.1) is 0 Å². The SMILES string of the molecule is CCCCN(Cn1nc2ccccn2c1=O)[C@@H]1CCS(=O)(=O)C1. The lowest BCUT2D eigenvalue weighted by Gasteiger charge is -2.27. The molecular formula is C15H22N4O3S. The minimum atomic E-state index is -2.95. The van der Waals surface area contributed by atoms with E-state index in [4.69, 9.17) is 0 Å². The van der Waals surface area contributed by atoms with Gasteiger partial charge in [0.25, 0.3) is 0 Å². The number of sulfone groups is 1. The smallest absolute Gasteiger partial charge is 0.280 e. The number of rotatable bonds is 6. The quantitative estimate of drug-likeness (QED) is 0.776. The maximum atomic E-state index is 12.4. The second-order valence-electron chi connectivity index (χ2n) is 6.08. The van der Waals surface area contributed by atoms with Gasteiger partial charge < -0.3 is 0 Å². The van der Waals surface area contributed by atoms with Crippen molar-refractivity contribution in [3.05, 3.63) is 34.9 Å². The number of fused-ring (bicyclic) bond motifs is 1. The average molecular weight is 338 g/mol. The summed E-state index contributed by atoms with van der Waals surface area (Å²) in [6, 6.07) is 5.39. The summed E-state index contributed by atoms with van der Waals surface area (Å²) in [4.78, 5) is 14.5. The summed E-state index contributed by atoms with van der Waals surface area (Å²) in [7, 11) is -2.95. The molecule has 0 radical (unpaired) electrons. The zero-order chi connectivity index (χ0) is 16.4. The molecule has 0 amide bonds. The Kier molecular flexibility index (Phi) is 4.54. The maximum Gasteiger partial charge on any atom is 0.351 e. The first-order valence-corrected chi connectivity index (χ1v) is 9.81. The van der Waals surface area contributed by atoms with Crippen LogP contribution in [-0.2, 0) is 16.5 Å². The second-order valence-corrected chi connectivity index (χ2v) is 8.30. The topological polar surface area (TPSA) is 76.7 Å². The number of nitrogens with zero attached hydrogens (tertiary/aromatic N) is 4. The fourth-order valence-electron chi connectivity index (χ4n) is 3.03. The third-order valence-electron chi connectivity index (χ3n) is 4.33. The van der Waals surface area contributed by atoms with Gasteiger partial charge in [0.2, 0.25) is 0 Å². The van der Waals surface area contributed by atoms with Crippen LogP contribution in [0.2, 0.25) is 0 Å². The van der Waals surface area contributed by atoms with Crippen molar-refractivity contribution in [3.63, 3.8) is 0 Å². The molecule has 2 aromatic rings. The standard InChI is InChI=1S/C15H22N4O3S/c1-2-3-8-17(13-7-10-23(21,22)11-13)12-19-15(20)18-9-5-4-6-14(18)16-19/h4-6,9,13H,2-3,7-8,10-12H2,1H3/t13-/m1/s1. The Labute approximate surface area is 135 Å². The van der Waals surface area contributed by atoms with Gasteiger partial charge in [0, 0.05) is 18.8 Å². The fourth-order valence-corrected chi connectivity index (χ4v) is 4.79. The molecule has 0 unspecified atom stereocenters. The number of hydrogen-bond acceptors (Lipinski definition) is 5. The Hall–Kier alpha value is -1.67. The molecular weight excluding hydrogens is 316 g/mol. The molecule has 0 aromatic carbocycles. The van der Waals surface area contributed by atoms with Crippen molar-refractivity contribution in [2.75, 3.05) is 18.1 Å². The largest absolute Gasteiger partial charge is 0.351 e. The second kappa shape index (κ2) is 6.45. The van der Waals surface area contributed by atoms with Gasteiger partial charge in [-0.25, -0.2) is 13.2 Å². The molecule has 8 heteroatoms. The average Bonchev–Trinajstić information content (AvgIpc) is 3.04. The molecule has 1 aliphatic heterocycles. The monoisotopic (exact) mass is 338 g/mol. The minimum Gasteiger partial charge on any atom is -0.280 e. The third-order valence-corrected chi connectivity index (χ3v) is 6.08. The Morgan fingerprint density at radius 2 is 2.22 bits per heavy atom. The molecule has 3 rings (SSSR count). The summed E-state index contributed by atoms with van der Waals surface area (Å²) < 4.78 is 26.5. The molecule has 0 spiro atoms. The van der Waals surface area contributed by atoms with Crippen molar-refractivity contribution in [2.24, 2.45) is 0 Å². The molecule has 7 nitrogen and oxygen atoms in total. The summed E-state index contributed by atoms with van der Waals surface area (Å²) in [5, 5.41) is 4.34. The zero-order valence-electron chi connectivity index (χ0n) is 13.3. The molecule has 0 N–H and O–H groups in total. The molecule has 23 heavy (non-hydrogen) atoms. The molecule has 0 bridgehead atoms. The Morgan fingerprint density at radius 1 is 1.39 bits per heavy atom.